The Kier molecular flexibility index (Phi) is 7.48. The molecular formula is C28H24FN9O4. The zero-order valence-electron chi connectivity index (χ0n) is 22.2. The lowest BCUT2D eigenvalue weighted by Gasteiger charge is -2.16. The molecule has 13 nitrogen and oxygen atoms in total. The van der Waals surface area contributed by atoms with Crippen LogP contribution < -0.4 is 21.7 Å². The monoisotopic (exact) mass is 569 g/mol. The second kappa shape index (κ2) is 11.3. The lowest BCUT2D eigenvalue weighted by Crippen LogP contribution is -2.30. The summed E-state index contributed by atoms with van der Waals surface area (Å²) in [4.78, 5) is 46.1. The minimum Gasteiger partial charge on any atom is -0.478 e. The molecule has 212 valence electrons. The van der Waals surface area contributed by atoms with Crippen molar-refractivity contribution in [1.29, 1.82) is 5.26 Å². The summed E-state index contributed by atoms with van der Waals surface area (Å²) in [6, 6.07) is 10.8. The molecule has 2 aromatic carbocycles. The SMILES string of the molecule is Cc1c(C(=O)O)ccc2c1CC[C@@H]2NC(=O)c1cc(C(=O)NCc2cccc(N=C(N)NC#N)c2)nc2c(F)cnn12. The van der Waals surface area contributed by atoms with Crippen LogP contribution in [-0.4, -0.2) is 43.4 Å². The highest BCUT2D eigenvalue weighted by Gasteiger charge is 2.29. The Hall–Kier alpha value is -5.84. The molecule has 42 heavy (non-hydrogen) atoms. The Morgan fingerprint density at radius 1 is 1.24 bits per heavy atom. The molecule has 0 saturated carbocycles. The number of aliphatic imine (C=N–C) groups is 1. The standard InChI is InChI=1S/C28H24FN9O4/c1-14-17-7-8-21(19(17)6-5-18(14)27(41)42)37-26(40)23-10-22(36-24-20(29)12-34-38(23)24)25(39)32-11-15-3-2-4-16(9-15)35-28(31)33-13-30/h2-6,9-10,12,21H,7-8,11H2,1H3,(H,32,39)(H,37,40)(H,41,42)(H3,31,33,35)/t21-/m0/s1. The first-order valence-electron chi connectivity index (χ1n) is 12.7. The number of guanidine groups is 1. The molecule has 1 aliphatic rings. The van der Waals surface area contributed by atoms with Gasteiger partial charge in [0, 0.05) is 12.6 Å². The van der Waals surface area contributed by atoms with Gasteiger partial charge in [0.25, 0.3) is 11.8 Å². The lowest BCUT2D eigenvalue weighted by atomic mass is 9.98. The van der Waals surface area contributed by atoms with Crippen molar-refractivity contribution in [2.75, 3.05) is 0 Å². The van der Waals surface area contributed by atoms with Crippen LogP contribution in [0.2, 0.25) is 0 Å². The minimum atomic E-state index is -1.02. The molecular weight excluding hydrogens is 545 g/mol. The van der Waals surface area contributed by atoms with Crippen molar-refractivity contribution in [2.24, 2.45) is 10.7 Å². The molecule has 1 atom stereocenters. The molecule has 1 aliphatic carbocycles. The number of rotatable bonds is 7. The van der Waals surface area contributed by atoms with Gasteiger partial charge in [0.05, 0.1) is 23.5 Å². The Morgan fingerprint density at radius 2 is 2.05 bits per heavy atom. The highest BCUT2D eigenvalue weighted by Crippen LogP contribution is 2.35. The van der Waals surface area contributed by atoms with Gasteiger partial charge in [0.1, 0.15) is 11.4 Å². The molecule has 6 N–H and O–H groups in total. The van der Waals surface area contributed by atoms with Crippen LogP contribution in [0.1, 0.15) is 66.1 Å². The number of aromatic carboxylic acids is 1. The van der Waals surface area contributed by atoms with E-state index in [0.717, 1.165) is 21.8 Å². The number of carbonyl (C=O) groups is 3. The van der Waals surface area contributed by atoms with E-state index in [1.54, 1.807) is 43.4 Å². The summed E-state index contributed by atoms with van der Waals surface area (Å²) < 4.78 is 15.6. The second-order valence-electron chi connectivity index (χ2n) is 9.52. The van der Waals surface area contributed by atoms with Crippen molar-refractivity contribution >= 4 is 35.1 Å². The van der Waals surface area contributed by atoms with Crippen LogP contribution in [0.4, 0.5) is 10.1 Å². The van der Waals surface area contributed by atoms with Crippen molar-refractivity contribution in [3.05, 3.63) is 93.7 Å². The molecule has 2 amide bonds. The molecule has 14 heteroatoms. The molecule has 0 spiro atoms. The number of nitrogens with two attached hydrogens (primary N) is 1. The van der Waals surface area contributed by atoms with Gasteiger partial charge in [-0.15, -0.1) is 0 Å². The van der Waals surface area contributed by atoms with Crippen LogP contribution in [-0.2, 0) is 13.0 Å². The second-order valence-corrected chi connectivity index (χ2v) is 9.52. The van der Waals surface area contributed by atoms with Gasteiger partial charge in [-0.3, -0.25) is 14.9 Å². The smallest absolute Gasteiger partial charge is 0.335 e. The molecule has 0 radical (unpaired) electrons. The molecule has 0 bridgehead atoms. The minimum absolute atomic E-state index is 0.0560. The van der Waals surface area contributed by atoms with Gasteiger partial charge in [0.15, 0.2) is 17.7 Å². The number of aromatic nitrogens is 3. The number of amides is 2. The third kappa shape index (κ3) is 5.43. The summed E-state index contributed by atoms with van der Waals surface area (Å²) >= 11 is 0. The van der Waals surface area contributed by atoms with Gasteiger partial charge in [0.2, 0.25) is 5.96 Å². The van der Waals surface area contributed by atoms with Gasteiger partial charge in [-0.05, 0) is 60.2 Å². The molecule has 2 aromatic heterocycles. The van der Waals surface area contributed by atoms with Crippen LogP contribution >= 0.6 is 0 Å². The molecule has 5 rings (SSSR count). The summed E-state index contributed by atoms with van der Waals surface area (Å²) in [5, 5.41) is 29.8. The maximum Gasteiger partial charge on any atom is 0.335 e. The summed E-state index contributed by atoms with van der Waals surface area (Å²) in [6.07, 6.45) is 3.70. The number of nitrogens with zero attached hydrogens (tertiary/aromatic N) is 5. The Morgan fingerprint density at radius 3 is 2.81 bits per heavy atom. The van der Waals surface area contributed by atoms with Crippen LogP contribution in [0.25, 0.3) is 5.65 Å². The first kappa shape index (κ1) is 27.7. The fourth-order valence-electron chi connectivity index (χ4n) is 4.94. The van der Waals surface area contributed by atoms with Gasteiger partial charge in [-0.1, -0.05) is 18.2 Å². The average Bonchev–Trinajstić information content (AvgIpc) is 3.55. The lowest BCUT2D eigenvalue weighted by molar-refractivity contribution is 0.0695. The van der Waals surface area contributed by atoms with E-state index in [1.165, 1.54) is 12.1 Å². The third-order valence-corrected chi connectivity index (χ3v) is 6.92. The topological polar surface area (TPSA) is 200 Å². The van der Waals surface area contributed by atoms with Crippen molar-refractivity contribution in [1.82, 2.24) is 30.5 Å². The summed E-state index contributed by atoms with van der Waals surface area (Å²) in [5.74, 6) is -3.18. The quantitative estimate of drug-likeness (QED) is 0.0958. The summed E-state index contributed by atoms with van der Waals surface area (Å²) in [5.41, 5.74) is 8.64. The number of fused-ring (bicyclic) bond motifs is 2. The average molecular weight is 570 g/mol. The van der Waals surface area contributed by atoms with Crippen LogP contribution in [0.3, 0.4) is 0 Å². The van der Waals surface area contributed by atoms with E-state index in [2.05, 4.69) is 31.0 Å². The fraction of sp³-hybridized carbons (Fsp3) is 0.179. The highest BCUT2D eigenvalue weighted by molar-refractivity contribution is 5.98. The number of benzene rings is 2. The predicted molar refractivity (Wildman–Crippen MR) is 147 cm³/mol. The first-order chi connectivity index (χ1) is 20.2. The Balaban J connectivity index is 1.37. The Labute approximate surface area is 237 Å². The maximum absolute atomic E-state index is 14.5. The number of carboxylic acids is 1. The normalized spacial score (nSPS) is 14.2. The number of carbonyl (C=O) groups excluding carboxylic acids is 2. The molecule has 0 unspecified atom stereocenters. The van der Waals surface area contributed by atoms with Gasteiger partial charge in [-0.2, -0.15) is 10.4 Å². The zero-order valence-corrected chi connectivity index (χ0v) is 22.2. The fourth-order valence-corrected chi connectivity index (χ4v) is 4.94. The zero-order chi connectivity index (χ0) is 30.0. The summed E-state index contributed by atoms with van der Waals surface area (Å²) in [7, 11) is 0. The van der Waals surface area contributed by atoms with Crippen molar-refractivity contribution in [3.63, 3.8) is 0 Å². The number of halogens is 1. The van der Waals surface area contributed by atoms with E-state index in [9.17, 15) is 23.9 Å². The summed E-state index contributed by atoms with van der Waals surface area (Å²) in [6.45, 7) is 1.79. The number of nitriles is 1. The molecule has 0 aliphatic heterocycles. The highest BCUT2D eigenvalue weighted by atomic mass is 19.1. The number of hydrogen-bond donors (Lipinski definition) is 5. The number of carboxylic acid groups (broad SMARTS) is 1. The van der Waals surface area contributed by atoms with E-state index in [4.69, 9.17) is 11.0 Å². The van der Waals surface area contributed by atoms with Crippen LogP contribution in [0, 0.1) is 24.2 Å². The van der Waals surface area contributed by atoms with E-state index >= 15 is 0 Å². The molecule has 0 saturated heterocycles. The van der Waals surface area contributed by atoms with Crippen molar-refractivity contribution < 1.29 is 23.9 Å². The van der Waals surface area contributed by atoms with Gasteiger partial charge >= 0.3 is 5.97 Å². The van der Waals surface area contributed by atoms with Gasteiger partial charge < -0.3 is 21.5 Å². The van der Waals surface area contributed by atoms with E-state index in [0.29, 0.717) is 29.7 Å². The molecule has 0 fully saturated rings. The molecule has 4 aromatic rings. The number of hydrogen-bond acceptors (Lipinski definition) is 7. The largest absolute Gasteiger partial charge is 0.478 e. The third-order valence-electron chi connectivity index (χ3n) is 6.92. The predicted octanol–water partition coefficient (Wildman–Crippen LogP) is 2.24. The van der Waals surface area contributed by atoms with E-state index in [1.807, 2.05) is 0 Å². The van der Waals surface area contributed by atoms with Crippen molar-refractivity contribution in [3.8, 4) is 6.19 Å². The number of nitrogens with one attached hydrogen (secondary N) is 3. The van der Waals surface area contributed by atoms with E-state index in [-0.39, 0.29) is 35.1 Å². The van der Waals surface area contributed by atoms with E-state index < -0.39 is 29.6 Å². The Bertz CT molecular complexity index is 1830. The van der Waals surface area contributed by atoms with Crippen LogP contribution in [0.5, 0.6) is 0 Å². The molecule has 2 heterocycles. The maximum atomic E-state index is 14.5. The van der Waals surface area contributed by atoms with Crippen molar-refractivity contribution in [2.45, 2.75) is 32.4 Å². The van der Waals surface area contributed by atoms with Crippen LogP contribution in [0.15, 0.2) is 53.7 Å². The first-order valence-corrected chi connectivity index (χ1v) is 12.7. The van der Waals surface area contributed by atoms with Gasteiger partial charge in [-0.25, -0.2) is 23.7 Å².